The maximum Gasteiger partial charge on any atom is 0.221 e. The van der Waals surface area contributed by atoms with Gasteiger partial charge in [-0.05, 0) is 12.8 Å². The van der Waals surface area contributed by atoms with E-state index in [2.05, 4.69) is 10.2 Å². The Balaban J connectivity index is 1.84. The summed E-state index contributed by atoms with van der Waals surface area (Å²) in [6, 6.07) is 0. The number of hydrogen-bond donors (Lipinski definition) is 1. The first-order valence-corrected chi connectivity index (χ1v) is 5.38. The highest BCUT2D eigenvalue weighted by molar-refractivity contribution is 5.03. The van der Waals surface area contributed by atoms with E-state index in [4.69, 9.17) is 9.47 Å². The average Bonchev–Trinajstić information content (AvgIpc) is 2.87. The van der Waals surface area contributed by atoms with Crippen molar-refractivity contribution in [3.8, 4) is 0 Å². The van der Waals surface area contributed by atoms with Crippen LogP contribution in [0.1, 0.15) is 19.3 Å². The molecule has 78 valence electrons. The fourth-order valence-corrected chi connectivity index (χ4v) is 2.60. The summed E-state index contributed by atoms with van der Waals surface area (Å²) in [6.45, 7) is 2.81. The van der Waals surface area contributed by atoms with E-state index in [-0.39, 0.29) is 12.0 Å². The van der Waals surface area contributed by atoms with Crippen LogP contribution in [0.25, 0.3) is 0 Å². The Morgan fingerprint density at radius 3 is 3.29 bits per heavy atom. The molecule has 0 amide bonds. The molecule has 0 aliphatic carbocycles. The fourth-order valence-electron chi connectivity index (χ4n) is 2.60. The summed E-state index contributed by atoms with van der Waals surface area (Å²) in [5.41, 5.74) is -0.241. The Kier molecular flexibility index (Phi) is 1.92. The molecule has 0 aromatic carbocycles. The normalized spacial score (nSPS) is 41.1. The molecule has 0 bridgehead atoms. The minimum Gasteiger partial charge on any atom is -0.470 e. The maximum absolute atomic E-state index is 5.79. The number of nitrogens with zero attached hydrogens (tertiary/aromatic N) is 1. The lowest BCUT2D eigenvalue weighted by Gasteiger charge is -2.44. The second-order valence-corrected chi connectivity index (χ2v) is 4.10. The summed E-state index contributed by atoms with van der Waals surface area (Å²) < 4.78 is 11.5. The number of piperidine rings is 1. The van der Waals surface area contributed by atoms with Crippen LogP contribution >= 0.6 is 0 Å². The fraction of sp³-hybridized carbons (Fsp3) is 0.800. The molecule has 4 heteroatoms. The summed E-state index contributed by atoms with van der Waals surface area (Å²) in [7, 11) is 0. The van der Waals surface area contributed by atoms with Crippen LogP contribution < -0.4 is 5.32 Å². The van der Waals surface area contributed by atoms with Gasteiger partial charge in [-0.1, -0.05) is 0 Å². The maximum atomic E-state index is 5.79. The minimum absolute atomic E-state index is 0.0396. The van der Waals surface area contributed by atoms with Gasteiger partial charge in [0, 0.05) is 25.7 Å². The van der Waals surface area contributed by atoms with Gasteiger partial charge < -0.3 is 14.4 Å². The third-order valence-corrected chi connectivity index (χ3v) is 3.31. The van der Waals surface area contributed by atoms with E-state index in [1.165, 1.54) is 12.8 Å². The van der Waals surface area contributed by atoms with E-state index in [0.29, 0.717) is 0 Å². The van der Waals surface area contributed by atoms with Crippen LogP contribution in [-0.4, -0.2) is 36.5 Å². The SMILES string of the molecule is C1=CN2CCCCC2(C2NCCO2)O1. The van der Waals surface area contributed by atoms with Gasteiger partial charge in [0.2, 0.25) is 5.72 Å². The zero-order chi connectivity index (χ0) is 9.43. The van der Waals surface area contributed by atoms with Gasteiger partial charge >= 0.3 is 0 Å². The van der Waals surface area contributed by atoms with E-state index in [1.54, 1.807) is 6.26 Å². The molecule has 0 aromatic rings. The first-order chi connectivity index (χ1) is 6.92. The molecule has 0 spiro atoms. The van der Waals surface area contributed by atoms with Crippen molar-refractivity contribution in [3.63, 3.8) is 0 Å². The molecular weight excluding hydrogens is 180 g/mol. The number of nitrogens with one attached hydrogen (secondary N) is 1. The molecule has 3 aliphatic rings. The molecule has 4 nitrogen and oxygen atoms in total. The summed E-state index contributed by atoms with van der Waals surface area (Å²) in [5, 5.41) is 3.36. The Bertz CT molecular complexity index is 251. The molecule has 1 N–H and O–H groups in total. The first-order valence-electron chi connectivity index (χ1n) is 5.38. The Labute approximate surface area is 83.9 Å². The molecule has 0 saturated carbocycles. The molecular formula is C10H16N2O2. The molecule has 0 radical (unpaired) electrons. The standard InChI is InChI=1S/C10H16N2O2/c1-2-5-12-6-8-14-10(12,3-1)9-11-4-7-13-9/h6,8-9,11H,1-5,7H2. The van der Waals surface area contributed by atoms with E-state index in [9.17, 15) is 0 Å². The number of ether oxygens (including phenoxy) is 2. The third-order valence-electron chi connectivity index (χ3n) is 3.31. The third kappa shape index (κ3) is 1.07. The van der Waals surface area contributed by atoms with Crippen LogP contribution in [0.4, 0.5) is 0 Å². The Morgan fingerprint density at radius 1 is 1.43 bits per heavy atom. The smallest absolute Gasteiger partial charge is 0.221 e. The zero-order valence-electron chi connectivity index (χ0n) is 8.24. The highest BCUT2D eigenvalue weighted by atomic mass is 16.6. The van der Waals surface area contributed by atoms with Gasteiger partial charge in [0.1, 0.15) is 6.26 Å². The van der Waals surface area contributed by atoms with Crippen LogP contribution in [0.2, 0.25) is 0 Å². The summed E-state index contributed by atoms with van der Waals surface area (Å²) in [5.74, 6) is 0. The Morgan fingerprint density at radius 2 is 2.43 bits per heavy atom. The molecule has 2 saturated heterocycles. The van der Waals surface area contributed by atoms with Gasteiger partial charge in [-0.2, -0.15) is 0 Å². The van der Waals surface area contributed by atoms with Crippen LogP contribution in [0.5, 0.6) is 0 Å². The monoisotopic (exact) mass is 196 g/mol. The van der Waals surface area contributed by atoms with Crippen molar-refractivity contribution < 1.29 is 9.47 Å². The van der Waals surface area contributed by atoms with Crippen LogP contribution in [0, 0.1) is 0 Å². The lowest BCUT2D eigenvalue weighted by Crippen LogP contribution is -2.59. The van der Waals surface area contributed by atoms with Gasteiger partial charge in [0.15, 0.2) is 6.23 Å². The number of rotatable bonds is 1. The van der Waals surface area contributed by atoms with Gasteiger partial charge in [-0.15, -0.1) is 0 Å². The quantitative estimate of drug-likeness (QED) is 0.666. The largest absolute Gasteiger partial charge is 0.470 e. The highest BCUT2D eigenvalue weighted by Crippen LogP contribution is 2.37. The van der Waals surface area contributed by atoms with Gasteiger partial charge in [-0.3, -0.25) is 5.32 Å². The van der Waals surface area contributed by atoms with Crippen LogP contribution in [0.3, 0.4) is 0 Å². The van der Waals surface area contributed by atoms with E-state index >= 15 is 0 Å². The molecule has 0 aromatic heterocycles. The van der Waals surface area contributed by atoms with Crippen molar-refractivity contribution in [2.75, 3.05) is 19.7 Å². The highest BCUT2D eigenvalue weighted by Gasteiger charge is 2.50. The molecule has 2 unspecified atom stereocenters. The lowest BCUT2D eigenvalue weighted by atomic mass is 9.97. The predicted molar refractivity (Wildman–Crippen MR) is 51.3 cm³/mol. The molecule has 3 rings (SSSR count). The minimum atomic E-state index is -0.241. The topological polar surface area (TPSA) is 33.7 Å². The van der Waals surface area contributed by atoms with Crippen LogP contribution in [-0.2, 0) is 9.47 Å². The predicted octanol–water partition coefficient (Wildman–Crippen LogP) is 0.616. The summed E-state index contributed by atoms with van der Waals surface area (Å²) in [4.78, 5) is 2.28. The van der Waals surface area contributed by atoms with Gasteiger partial charge in [0.25, 0.3) is 0 Å². The van der Waals surface area contributed by atoms with Crippen molar-refractivity contribution in [1.29, 1.82) is 0 Å². The molecule has 3 heterocycles. The van der Waals surface area contributed by atoms with E-state index in [0.717, 1.165) is 26.1 Å². The Hall–Kier alpha value is -0.740. The van der Waals surface area contributed by atoms with Crippen LogP contribution in [0.15, 0.2) is 12.5 Å². The van der Waals surface area contributed by atoms with Crippen molar-refractivity contribution in [2.24, 2.45) is 0 Å². The van der Waals surface area contributed by atoms with Gasteiger partial charge in [-0.25, -0.2) is 0 Å². The number of fused-ring (bicyclic) bond motifs is 1. The molecule has 2 atom stereocenters. The second-order valence-electron chi connectivity index (χ2n) is 4.10. The van der Waals surface area contributed by atoms with Crippen molar-refractivity contribution in [1.82, 2.24) is 10.2 Å². The van der Waals surface area contributed by atoms with Crippen molar-refractivity contribution in [2.45, 2.75) is 31.2 Å². The van der Waals surface area contributed by atoms with Gasteiger partial charge in [0.05, 0.1) is 6.61 Å². The van der Waals surface area contributed by atoms with E-state index < -0.39 is 0 Å². The zero-order valence-corrected chi connectivity index (χ0v) is 8.24. The van der Waals surface area contributed by atoms with Crippen molar-refractivity contribution in [3.05, 3.63) is 12.5 Å². The lowest BCUT2D eigenvalue weighted by molar-refractivity contribution is -0.173. The average molecular weight is 196 g/mol. The summed E-state index contributed by atoms with van der Waals surface area (Å²) >= 11 is 0. The van der Waals surface area contributed by atoms with E-state index in [1.807, 2.05) is 6.20 Å². The number of hydrogen-bond acceptors (Lipinski definition) is 4. The molecule has 2 fully saturated rings. The summed E-state index contributed by atoms with van der Waals surface area (Å²) in [6.07, 6.45) is 7.41. The molecule has 14 heavy (non-hydrogen) atoms. The van der Waals surface area contributed by atoms with Crippen molar-refractivity contribution >= 4 is 0 Å². The second kappa shape index (κ2) is 3.14. The molecule has 3 aliphatic heterocycles. The first kappa shape index (κ1) is 8.56.